The van der Waals surface area contributed by atoms with E-state index in [1.54, 1.807) is 12.4 Å². The topological polar surface area (TPSA) is 73.0 Å². The maximum atomic E-state index is 11.4. The summed E-state index contributed by atoms with van der Waals surface area (Å²) in [6.45, 7) is 2.00. The molecule has 0 spiro atoms. The van der Waals surface area contributed by atoms with Gasteiger partial charge in [-0.2, -0.15) is 0 Å². The van der Waals surface area contributed by atoms with Crippen molar-refractivity contribution in [2.24, 2.45) is 11.7 Å². The van der Waals surface area contributed by atoms with Crippen LogP contribution < -0.4 is 5.73 Å². The molecule has 0 amide bonds. The third-order valence-electron chi connectivity index (χ3n) is 3.39. The van der Waals surface area contributed by atoms with Crippen molar-refractivity contribution in [3.63, 3.8) is 0 Å². The molecule has 1 fully saturated rings. The number of aromatic nitrogens is 1. The van der Waals surface area contributed by atoms with E-state index in [2.05, 4.69) is 4.98 Å². The highest BCUT2D eigenvalue weighted by Gasteiger charge is 2.29. The maximum Gasteiger partial charge on any atom is 0.150 e. The minimum absolute atomic E-state index is 0.109. The van der Waals surface area contributed by atoms with Crippen molar-refractivity contribution in [3.05, 3.63) is 29.6 Å². The maximum absolute atomic E-state index is 11.4. The Balaban J connectivity index is 2.03. The van der Waals surface area contributed by atoms with Crippen LogP contribution in [0.4, 0.5) is 0 Å². The van der Waals surface area contributed by atoms with Crippen LogP contribution in [0, 0.1) is 12.8 Å². The van der Waals surface area contributed by atoms with E-state index in [4.69, 9.17) is 5.73 Å². The van der Waals surface area contributed by atoms with Gasteiger partial charge in [-0.05, 0) is 42.9 Å². The van der Waals surface area contributed by atoms with Gasteiger partial charge >= 0.3 is 0 Å². The van der Waals surface area contributed by atoms with Crippen LogP contribution in [0.25, 0.3) is 0 Å². The molecule has 1 saturated heterocycles. The third kappa shape index (κ3) is 3.04. The molecule has 5 heteroatoms. The average molecular weight is 254 g/mol. The van der Waals surface area contributed by atoms with Crippen molar-refractivity contribution in [1.82, 2.24) is 4.98 Å². The fraction of sp³-hybridized carbons (Fsp3) is 0.583. The molecule has 0 aromatic carbocycles. The molecule has 2 rings (SSSR count). The molecule has 1 aliphatic heterocycles. The van der Waals surface area contributed by atoms with E-state index < -0.39 is 9.84 Å². The molecule has 1 aromatic rings. The minimum atomic E-state index is -2.80. The van der Waals surface area contributed by atoms with E-state index in [0.717, 1.165) is 24.0 Å². The van der Waals surface area contributed by atoms with Crippen molar-refractivity contribution in [1.29, 1.82) is 0 Å². The van der Waals surface area contributed by atoms with E-state index in [1.807, 2.05) is 13.0 Å². The van der Waals surface area contributed by atoms with E-state index in [-0.39, 0.29) is 12.0 Å². The van der Waals surface area contributed by atoms with E-state index in [1.165, 1.54) is 0 Å². The Kier molecular flexibility index (Phi) is 3.49. The number of pyridine rings is 1. The Bertz CT molecular complexity index is 499. The Morgan fingerprint density at radius 2 is 2.35 bits per heavy atom. The first-order chi connectivity index (χ1) is 7.98. The number of aryl methyl sites for hydroxylation is 1. The zero-order valence-corrected chi connectivity index (χ0v) is 10.8. The van der Waals surface area contributed by atoms with Gasteiger partial charge in [0.1, 0.15) is 0 Å². The molecule has 94 valence electrons. The van der Waals surface area contributed by atoms with Crippen molar-refractivity contribution in [2.45, 2.75) is 25.8 Å². The molecule has 0 saturated carbocycles. The average Bonchev–Trinajstić information content (AvgIpc) is 2.58. The summed E-state index contributed by atoms with van der Waals surface area (Å²) in [4.78, 5) is 4.07. The molecule has 2 heterocycles. The van der Waals surface area contributed by atoms with Crippen LogP contribution in [0.3, 0.4) is 0 Å². The van der Waals surface area contributed by atoms with Gasteiger partial charge in [0.15, 0.2) is 9.84 Å². The molecular formula is C12H18N2O2S. The summed E-state index contributed by atoms with van der Waals surface area (Å²) < 4.78 is 22.7. The Hall–Kier alpha value is -0.940. The van der Waals surface area contributed by atoms with Gasteiger partial charge in [0.2, 0.25) is 0 Å². The lowest BCUT2D eigenvalue weighted by Crippen LogP contribution is -2.17. The zero-order chi connectivity index (χ0) is 12.5. The van der Waals surface area contributed by atoms with Crippen LogP contribution in [-0.2, 0) is 9.84 Å². The molecule has 1 aliphatic rings. The number of sulfone groups is 1. The van der Waals surface area contributed by atoms with Gasteiger partial charge in [-0.1, -0.05) is 0 Å². The standard InChI is InChI=1S/C12H18N2O2S/c1-9-2-4-14-7-11(9)12(13)6-10-3-5-17(15,16)8-10/h2,4,7,10,12H,3,5-6,8,13H2,1H3. The summed E-state index contributed by atoms with van der Waals surface area (Å²) in [6, 6.07) is 1.82. The van der Waals surface area contributed by atoms with Gasteiger partial charge < -0.3 is 5.73 Å². The Morgan fingerprint density at radius 1 is 1.59 bits per heavy atom. The predicted octanol–water partition coefficient (Wildman–Crippen LogP) is 1.21. The van der Waals surface area contributed by atoms with E-state index in [9.17, 15) is 8.42 Å². The summed E-state index contributed by atoms with van der Waals surface area (Å²) in [5, 5.41) is 0. The molecule has 0 radical (unpaired) electrons. The summed E-state index contributed by atoms with van der Waals surface area (Å²) in [6.07, 6.45) is 5.00. The minimum Gasteiger partial charge on any atom is -0.324 e. The quantitative estimate of drug-likeness (QED) is 0.880. The second-order valence-electron chi connectivity index (χ2n) is 4.84. The normalized spacial score (nSPS) is 24.7. The largest absolute Gasteiger partial charge is 0.324 e. The lowest BCUT2D eigenvalue weighted by molar-refractivity contribution is 0.479. The van der Waals surface area contributed by atoms with Crippen LogP contribution in [0.15, 0.2) is 18.5 Å². The summed E-state index contributed by atoms with van der Waals surface area (Å²) in [7, 11) is -2.80. The molecule has 0 bridgehead atoms. The monoisotopic (exact) mass is 254 g/mol. The molecule has 17 heavy (non-hydrogen) atoms. The first-order valence-electron chi connectivity index (χ1n) is 5.84. The van der Waals surface area contributed by atoms with Gasteiger partial charge in [-0.25, -0.2) is 8.42 Å². The van der Waals surface area contributed by atoms with Gasteiger partial charge in [-0.3, -0.25) is 4.98 Å². The fourth-order valence-electron chi connectivity index (χ4n) is 2.41. The molecule has 2 N–H and O–H groups in total. The number of nitrogens with two attached hydrogens (primary N) is 1. The van der Waals surface area contributed by atoms with Crippen molar-refractivity contribution in [3.8, 4) is 0 Å². The number of hydrogen-bond donors (Lipinski definition) is 1. The SMILES string of the molecule is Cc1ccncc1C(N)CC1CCS(=O)(=O)C1. The van der Waals surface area contributed by atoms with Crippen molar-refractivity contribution < 1.29 is 8.42 Å². The summed E-state index contributed by atoms with van der Waals surface area (Å²) in [5.41, 5.74) is 8.27. The summed E-state index contributed by atoms with van der Waals surface area (Å²) in [5.74, 6) is 0.811. The second-order valence-corrected chi connectivity index (χ2v) is 7.07. The highest BCUT2D eigenvalue weighted by molar-refractivity contribution is 7.91. The second kappa shape index (κ2) is 4.74. The smallest absolute Gasteiger partial charge is 0.150 e. The van der Waals surface area contributed by atoms with E-state index >= 15 is 0 Å². The lowest BCUT2D eigenvalue weighted by atomic mass is 9.94. The van der Waals surface area contributed by atoms with Crippen molar-refractivity contribution >= 4 is 9.84 Å². The van der Waals surface area contributed by atoms with Crippen LogP contribution in [0.2, 0.25) is 0 Å². The van der Waals surface area contributed by atoms with Crippen LogP contribution >= 0.6 is 0 Å². The number of nitrogens with zero attached hydrogens (tertiary/aromatic N) is 1. The van der Waals surface area contributed by atoms with Gasteiger partial charge in [0, 0.05) is 18.4 Å². The number of rotatable bonds is 3. The zero-order valence-electron chi connectivity index (χ0n) is 9.96. The first-order valence-corrected chi connectivity index (χ1v) is 7.66. The summed E-state index contributed by atoms with van der Waals surface area (Å²) >= 11 is 0. The van der Waals surface area contributed by atoms with Crippen LogP contribution in [0.5, 0.6) is 0 Å². The lowest BCUT2D eigenvalue weighted by Gasteiger charge is -2.17. The molecule has 2 atom stereocenters. The molecular weight excluding hydrogens is 236 g/mol. The molecule has 1 aromatic heterocycles. The first kappa shape index (κ1) is 12.5. The van der Waals surface area contributed by atoms with Crippen LogP contribution in [0.1, 0.15) is 30.0 Å². The molecule has 2 unspecified atom stereocenters. The highest BCUT2D eigenvalue weighted by Crippen LogP contribution is 2.28. The molecule has 0 aliphatic carbocycles. The fourth-order valence-corrected chi connectivity index (χ4v) is 4.29. The molecule has 4 nitrogen and oxygen atoms in total. The van der Waals surface area contributed by atoms with E-state index in [0.29, 0.717) is 11.5 Å². The van der Waals surface area contributed by atoms with Crippen molar-refractivity contribution in [2.75, 3.05) is 11.5 Å². The Labute approximate surface area is 102 Å². The predicted molar refractivity (Wildman–Crippen MR) is 67.3 cm³/mol. The Morgan fingerprint density at radius 3 is 2.94 bits per heavy atom. The van der Waals surface area contributed by atoms with Gasteiger partial charge in [-0.15, -0.1) is 0 Å². The van der Waals surface area contributed by atoms with Crippen LogP contribution in [-0.4, -0.2) is 24.9 Å². The van der Waals surface area contributed by atoms with Gasteiger partial charge in [0.25, 0.3) is 0 Å². The highest BCUT2D eigenvalue weighted by atomic mass is 32.2. The van der Waals surface area contributed by atoms with Gasteiger partial charge in [0.05, 0.1) is 11.5 Å². The third-order valence-corrected chi connectivity index (χ3v) is 5.23. The number of hydrogen-bond acceptors (Lipinski definition) is 4.